The molecule has 0 atom stereocenters. The molecule has 5 heteroatoms. The van der Waals surface area contributed by atoms with Gasteiger partial charge in [-0.25, -0.2) is 12.7 Å². The molecule has 2 heterocycles. The molecular weight excluding hydrogens is 260 g/mol. The topological polar surface area (TPSA) is 40.6 Å². The standard InChI is InChI=1S/C14H28N2O2S/c1-5-13(2,3)15-9-6-14(7-10-15)8-11-16(12-14)19(4,17)18/h5-12H2,1-4H3. The van der Waals surface area contributed by atoms with Crippen LogP contribution < -0.4 is 0 Å². The van der Waals surface area contributed by atoms with E-state index in [0.717, 1.165) is 51.9 Å². The maximum absolute atomic E-state index is 11.6. The van der Waals surface area contributed by atoms with Gasteiger partial charge in [-0.3, -0.25) is 4.90 Å². The molecule has 112 valence electrons. The van der Waals surface area contributed by atoms with Crippen LogP contribution in [0, 0.1) is 5.41 Å². The van der Waals surface area contributed by atoms with Crippen LogP contribution in [-0.4, -0.2) is 55.6 Å². The average Bonchev–Trinajstić information content (AvgIpc) is 2.74. The van der Waals surface area contributed by atoms with Crippen molar-refractivity contribution in [3.05, 3.63) is 0 Å². The highest BCUT2D eigenvalue weighted by molar-refractivity contribution is 7.88. The number of nitrogens with zero attached hydrogens (tertiary/aromatic N) is 2. The van der Waals surface area contributed by atoms with Gasteiger partial charge >= 0.3 is 0 Å². The van der Waals surface area contributed by atoms with Gasteiger partial charge in [-0.2, -0.15) is 0 Å². The van der Waals surface area contributed by atoms with E-state index in [1.54, 1.807) is 4.31 Å². The first-order chi connectivity index (χ1) is 8.69. The van der Waals surface area contributed by atoms with Gasteiger partial charge in [0, 0.05) is 18.6 Å². The molecule has 4 nitrogen and oxygen atoms in total. The second kappa shape index (κ2) is 5.01. The molecule has 0 bridgehead atoms. The summed E-state index contributed by atoms with van der Waals surface area (Å²) >= 11 is 0. The fourth-order valence-corrected chi connectivity index (χ4v) is 4.33. The summed E-state index contributed by atoms with van der Waals surface area (Å²) in [4.78, 5) is 2.57. The lowest BCUT2D eigenvalue weighted by molar-refractivity contribution is 0.0379. The largest absolute Gasteiger partial charge is 0.298 e. The zero-order chi connectivity index (χ0) is 14.3. The monoisotopic (exact) mass is 288 g/mol. The lowest BCUT2D eigenvalue weighted by Gasteiger charge is -2.46. The van der Waals surface area contributed by atoms with Gasteiger partial charge in [-0.05, 0) is 58.0 Å². The Morgan fingerprint density at radius 3 is 2.05 bits per heavy atom. The van der Waals surface area contributed by atoms with Crippen LogP contribution in [0.2, 0.25) is 0 Å². The van der Waals surface area contributed by atoms with E-state index in [1.807, 2.05) is 0 Å². The third-order valence-electron chi connectivity index (χ3n) is 5.42. The summed E-state index contributed by atoms with van der Waals surface area (Å²) < 4.78 is 25.0. The van der Waals surface area contributed by atoms with Crippen molar-refractivity contribution in [2.75, 3.05) is 32.4 Å². The number of likely N-dealkylation sites (tertiary alicyclic amines) is 1. The number of piperidine rings is 1. The van der Waals surface area contributed by atoms with Gasteiger partial charge in [0.05, 0.1) is 6.26 Å². The predicted molar refractivity (Wildman–Crippen MR) is 78.6 cm³/mol. The van der Waals surface area contributed by atoms with Crippen molar-refractivity contribution in [3.63, 3.8) is 0 Å². The van der Waals surface area contributed by atoms with Crippen molar-refractivity contribution >= 4 is 10.0 Å². The highest BCUT2D eigenvalue weighted by Gasteiger charge is 2.44. The Morgan fingerprint density at radius 1 is 1.11 bits per heavy atom. The minimum absolute atomic E-state index is 0.253. The summed E-state index contributed by atoms with van der Waals surface area (Å²) in [7, 11) is -3.00. The van der Waals surface area contributed by atoms with Crippen molar-refractivity contribution < 1.29 is 8.42 Å². The van der Waals surface area contributed by atoms with E-state index >= 15 is 0 Å². The van der Waals surface area contributed by atoms with Crippen molar-refractivity contribution in [1.82, 2.24) is 9.21 Å². The highest BCUT2D eigenvalue weighted by Crippen LogP contribution is 2.42. The molecule has 0 aromatic rings. The van der Waals surface area contributed by atoms with Gasteiger partial charge in [0.15, 0.2) is 0 Å². The van der Waals surface area contributed by atoms with Crippen molar-refractivity contribution in [3.8, 4) is 0 Å². The lowest BCUT2D eigenvalue weighted by Crippen LogP contribution is -2.50. The Bertz CT molecular complexity index is 423. The fourth-order valence-electron chi connectivity index (χ4n) is 3.40. The Balaban J connectivity index is 1.98. The lowest BCUT2D eigenvalue weighted by atomic mass is 9.76. The molecule has 0 aromatic heterocycles. The van der Waals surface area contributed by atoms with Crippen LogP contribution in [0.3, 0.4) is 0 Å². The molecule has 2 aliphatic rings. The van der Waals surface area contributed by atoms with Crippen LogP contribution in [0.1, 0.15) is 46.5 Å². The predicted octanol–water partition coefficient (Wildman–Crippen LogP) is 1.92. The van der Waals surface area contributed by atoms with E-state index < -0.39 is 10.0 Å². The summed E-state index contributed by atoms with van der Waals surface area (Å²) in [5, 5.41) is 0. The third-order valence-corrected chi connectivity index (χ3v) is 6.67. The summed E-state index contributed by atoms with van der Waals surface area (Å²) in [5.74, 6) is 0. The molecule has 1 spiro atoms. The van der Waals surface area contributed by atoms with Crippen LogP contribution in [0.25, 0.3) is 0 Å². The average molecular weight is 288 g/mol. The van der Waals surface area contributed by atoms with Gasteiger partial charge in [-0.15, -0.1) is 0 Å². The molecule has 0 aliphatic carbocycles. The first-order valence-electron chi connectivity index (χ1n) is 7.39. The Morgan fingerprint density at radius 2 is 1.63 bits per heavy atom. The van der Waals surface area contributed by atoms with Crippen molar-refractivity contribution in [1.29, 1.82) is 0 Å². The normalized spacial score (nSPS) is 26.1. The van der Waals surface area contributed by atoms with Crippen LogP contribution in [-0.2, 0) is 10.0 Å². The molecule has 0 unspecified atom stereocenters. The second-order valence-electron chi connectivity index (χ2n) is 7.00. The van der Waals surface area contributed by atoms with E-state index in [9.17, 15) is 8.42 Å². The zero-order valence-electron chi connectivity index (χ0n) is 12.8. The van der Waals surface area contributed by atoms with Gasteiger partial charge in [0.25, 0.3) is 0 Å². The number of hydrogen-bond acceptors (Lipinski definition) is 3. The molecule has 0 amide bonds. The number of hydrogen-bond donors (Lipinski definition) is 0. The quantitative estimate of drug-likeness (QED) is 0.796. The molecule has 2 rings (SSSR count). The first-order valence-corrected chi connectivity index (χ1v) is 9.24. The number of sulfonamides is 1. The minimum atomic E-state index is -3.00. The maximum atomic E-state index is 11.6. The van der Waals surface area contributed by atoms with E-state index in [2.05, 4.69) is 25.7 Å². The molecule has 0 radical (unpaired) electrons. The van der Waals surface area contributed by atoms with E-state index in [1.165, 1.54) is 6.26 Å². The zero-order valence-corrected chi connectivity index (χ0v) is 13.6. The molecular formula is C14H28N2O2S. The molecule has 0 N–H and O–H groups in total. The van der Waals surface area contributed by atoms with Gasteiger partial charge in [0.2, 0.25) is 10.0 Å². The van der Waals surface area contributed by atoms with Crippen molar-refractivity contribution in [2.24, 2.45) is 5.41 Å². The highest BCUT2D eigenvalue weighted by atomic mass is 32.2. The fraction of sp³-hybridized carbons (Fsp3) is 1.00. The summed E-state index contributed by atoms with van der Waals surface area (Å²) in [6.45, 7) is 10.5. The smallest absolute Gasteiger partial charge is 0.211 e. The van der Waals surface area contributed by atoms with Gasteiger partial charge < -0.3 is 0 Å². The number of rotatable bonds is 3. The molecule has 0 saturated carbocycles. The Kier molecular flexibility index (Phi) is 4.02. The van der Waals surface area contributed by atoms with Crippen LogP contribution in [0.4, 0.5) is 0 Å². The summed E-state index contributed by atoms with van der Waals surface area (Å²) in [6.07, 6.45) is 5.82. The van der Waals surface area contributed by atoms with Crippen LogP contribution in [0.5, 0.6) is 0 Å². The van der Waals surface area contributed by atoms with Gasteiger partial charge in [-0.1, -0.05) is 6.92 Å². The van der Waals surface area contributed by atoms with Crippen LogP contribution >= 0.6 is 0 Å². The molecule has 19 heavy (non-hydrogen) atoms. The van der Waals surface area contributed by atoms with E-state index in [0.29, 0.717) is 0 Å². The van der Waals surface area contributed by atoms with E-state index in [-0.39, 0.29) is 11.0 Å². The minimum Gasteiger partial charge on any atom is -0.298 e. The third kappa shape index (κ3) is 3.14. The second-order valence-corrected chi connectivity index (χ2v) is 8.98. The van der Waals surface area contributed by atoms with Gasteiger partial charge in [0.1, 0.15) is 0 Å². The van der Waals surface area contributed by atoms with E-state index in [4.69, 9.17) is 0 Å². The maximum Gasteiger partial charge on any atom is 0.211 e. The van der Waals surface area contributed by atoms with Crippen molar-refractivity contribution in [2.45, 2.75) is 52.0 Å². The SMILES string of the molecule is CCC(C)(C)N1CCC2(CC1)CCN(S(C)(=O)=O)C2. The molecule has 2 saturated heterocycles. The first kappa shape index (κ1) is 15.3. The van der Waals surface area contributed by atoms with Crippen LogP contribution in [0.15, 0.2) is 0 Å². The summed E-state index contributed by atoms with van der Waals surface area (Å²) in [5.41, 5.74) is 0.528. The molecule has 0 aromatic carbocycles. The molecule has 2 aliphatic heterocycles. The Hall–Kier alpha value is -0.130. The Labute approximate surface area is 118 Å². The molecule has 2 fully saturated rings. The summed E-state index contributed by atoms with van der Waals surface area (Å²) in [6, 6.07) is 0.